The van der Waals surface area contributed by atoms with E-state index in [2.05, 4.69) is 0 Å². The van der Waals surface area contributed by atoms with Gasteiger partial charge in [-0.3, -0.25) is 0 Å². The molecule has 0 aromatic carbocycles. The van der Waals surface area contributed by atoms with Gasteiger partial charge < -0.3 is 87.5 Å². The first kappa shape index (κ1) is 53.9. The average Bonchev–Trinajstić information content (AvgIpc) is 3.12. The standard InChI is InChI=1S/2C14H26O9.2CO2.2CH3/c2*1-6-11(12(19-3)10(17)13(20-4)22-6)23-14-9(16)8(15)7(18-2)5-21-14;2*2-1-3;;/h2*6-17H,5H2,1-4H3;;;2*1H3/q;;;;2*+1. The Morgan fingerprint density at radius 1 is 0.444 bits per heavy atom. The summed E-state index contributed by atoms with van der Waals surface area (Å²) in [6, 6.07) is 0. The van der Waals surface area contributed by atoms with Gasteiger partial charge in [0.25, 0.3) is 0 Å². The average molecular weight is 795 g/mol. The lowest BCUT2D eigenvalue weighted by molar-refractivity contribution is -0.343. The van der Waals surface area contributed by atoms with Crippen LogP contribution in [0.3, 0.4) is 0 Å². The zero-order valence-corrected chi connectivity index (χ0v) is 32.0. The number of methoxy groups -OCH3 is 6. The fourth-order valence-electron chi connectivity index (χ4n) is 5.78. The van der Waals surface area contributed by atoms with Gasteiger partial charge in [-0.15, -0.1) is 0 Å². The quantitative estimate of drug-likeness (QED) is 0.116. The minimum absolute atomic E-state index is 0. The Morgan fingerprint density at radius 2 is 0.741 bits per heavy atom. The lowest BCUT2D eigenvalue weighted by Gasteiger charge is -2.45. The lowest BCUT2D eigenvalue weighted by Crippen LogP contribution is -2.62. The van der Waals surface area contributed by atoms with Crippen molar-refractivity contribution in [3.05, 3.63) is 14.9 Å². The summed E-state index contributed by atoms with van der Waals surface area (Å²) in [7, 11) is 8.55. The van der Waals surface area contributed by atoms with Crippen molar-refractivity contribution in [2.45, 2.75) is 124 Å². The molecule has 54 heavy (non-hydrogen) atoms. The van der Waals surface area contributed by atoms with E-state index in [9.17, 15) is 30.6 Å². The van der Waals surface area contributed by atoms with E-state index >= 15 is 0 Å². The van der Waals surface area contributed by atoms with Crippen LogP contribution >= 0.6 is 0 Å². The topological polar surface area (TPSA) is 300 Å². The Balaban J connectivity index is 0. The lowest BCUT2D eigenvalue weighted by atomic mass is 9.98. The van der Waals surface area contributed by atoms with E-state index in [1.54, 1.807) is 13.8 Å². The smallest absolute Gasteiger partial charge is 0.373 e. The first-order valence-corrected chi connectivity index (χ1v) is 15.8. The van der Waals surface area contributed by atoms with Gasteiger partial charge in [-0.2, -0.15) is 19.2 Å². The molecule has 18 unspecified atom stereocenters. The van der Waals surface area contributed by atoms with Crippen LogP contribution in [0.1, 0.15) is 13.8 Å². The molecule has 0 bridgehead atoms. The second-order valence-electron chi connectivity index (χ2n) is 11.6. The largest absolute Gasteiger partial charge is 0.387 e. The summed E-state index contributed by atoms with van der Waals surface area (Å²) in [5, 5.41) is 60.7. The van der Waals surface area contributed by atoms with Crippen LogP contribution in [0, 0.1) is 14.9 Å². The number of aliphatic hydroxyl groups excluding tert-OH is 6. The van der Waals surface area contributed by atoms with Crippen LogP contribution < -0.4 is 0 Å². The fraction of sp³-hybridized carbons (Fsp3) is 0.875. The number of aliphatic hydroxyl groups is 6. The fourth-order valence-corrected chi connectivity index (χ4v) is 5.78. The van der Waals surface area contributed by atoms with Gasteiger partial charge in [0.2, 0.25) is 0 Å². The normalized spacial score (nSPS) is 41.5. The van der Waals surface area contributed by atoms with Crippen LogP contribution in [0.15, 0.2) is 0 Å². The van der Waals surface area contributed by atoms with E-state index in [-0.39, 0.29) is 40.4 Å². The Labute approximate surface area is 314 Å². The number of rotatable bonds is 10. The van der Waals surface area contributed by atoms with Crippen molar-refractivity contribution >= 4 is 12.3 Å². The Hall–Kier alpha value is -2.22. The summed E-state index contributed by atoms with van der Waals surface area (Å²) < 4.78 is 64.2. The summed E-state index contributed by atoms with van der Waals surface area (Å²) in [4.78, 5) is 32.5. The van der Waals surface area contributed by atoms with E-state index < -0.39 is 111 Å². The summed E-state index contributed by atoms with van der Waals surface area (Å²) >= 11 is 0. The Morgan fingerprint density at radius 3 is 0.981 bits per heavy atom. The molecule has 4 fully saturated rings. The van der Waals surface area contributed by atoms with Gasteiger partial charge in [-0.1, -0.05) is 0 Å². The molecule has 6 N–H and O–H groups in total. The van der Waals surface area contributed by atoms with Gasteiger partial charge in [0.1, 0.15) is 73.2 Å². The van der Waals surface area contributed by atoms with Crippen molar-refractivity contribution in [3.63, 3.8) is 0 Å². The number of hydrogen-bond donors (Lipinski definition) is 6. The molecule has 0 aliphatic carbocycles. The molecule has 0 radical (unpaired) electrons. The highest BCUT2D eigenvalue weighted by Crippen LogP contribution is 2.31. The molecular weight excluding hydrogens is 736 g/mol. The third kappa shape index (κ3) is 14.1. The summed E-state index contributed by atoms with van der Waals surface area (Å²) in [5.41, 5.74) is 0. The van der Waals surface area contributed by atoms with E-state index in [1.807, 2.05) is 0 Å². The Kier molecular flexibility index (Phi) is 27.3. The van der Waals surface area contributed by atoms with Crippen LogP contribution in [-0.4, -0.2) is 209 Å². The van der Waals surface area contributed by atoms with Crippen molar-refractivity contribution in [2.24, 2.45) is 0 Å². The molecule has 4 aliphatic rings. The summed E-state index contributed by atoms with van der Waals surface area (Å²) in [6.45, 7) is 3.61. The minimum atomic E-state index is -1.30. The van der Waals surface area contributed by atoms with E-state index in [0.29, 0.717) is 0 Å². The second-order valence-corrected chi connectivity index (χ2v) is 11.6. The van der Waals surface area contributed by atoms with E-state index in [4.69, 9.17) is 76.0 Å². The highest BCUT2D eigenvalue weighted by Gasteiger charge is 2.50. The molecule has 22 heteroatoms. The number of hydrogen-bond acceptors (Lipinski definition) is 22. The molecule has 0 aromatic rings. The molecule has 18 atom stereocenters. The predicted octanol–water partition coefficient (Wildman–Crippen LogP) is -3.80. The summed E-state index contributed by atoms with van der Waals surface area (Å²) in [5.74, 6) is 0. The van der Waals surface area contributed by atoms with Gasteiger partial charge in [0.05, 0.1) is 25.4 Å². The molecular formula is C32H58O22+2. The molecule has 0 amide bonds. The molecule has 4 aliphatic heterocycles. The van der Waals surface area contributed by atoms with Crippen LogP contribution in [0.2, 0.25) is 0 Å². The van der Waals surface area contributed by atoms with Crippen molar-refractivity contribution < 1.29 is 107 Å². The van der Waals surface area contributed by atoms with Crippen LogP contribution in [0.4, 0.5) is 0 Å². The van der Waals surface area contributed by atoms with E-state index in [0.717, 1.165) is 0 Å². The first-order chi connectivity index (χ1) is 24.7. The highest BCUT2D eigenvalue weighted by atomic mass is 16.8. The van der Waals surface area contributed by atoms with Gasteiger partial charge in [-0.25, -0.2) is 0 Å². The Bertz CT molecular complexity index is 964. The maximum absolute atomic E-state index is 10.2. The monoisotopic (exact) mass is 794 g/mol. The predicted molar refractivity (Wildman–Crippen MR) is 174 cm³/mol. The number of ether oxygens (including phenoxy) is 12. The van der Waals surface area contributed by atoms with E-state index in [1.165, 1.54) is 42.7 Å². The molecule has 22 nitrogen and oxygen atoms in total. The highest BCUT2D eigenvalue weighted by molar-refractivity contribution is 5.20. The van der Waals surface area contributed by atoms with Crippen LogP contribution in [-0.2, 0) is 76.0 Å². The van der Waals surface area contributed by atoms with Gasteiger partial charge in [0, 0.05) is 57.5 Å². The third-order valence-corrected chi connectivity index (χ3v) is 8.57. The molecule has 4 heterocycles. The second kappa shape index (κ2) is 27.4. The molecule has 0 aromatic heterocycles. The maximum Gasteiger partial charge on any atom is 0.373 e. The zero-order chi connectivity index (χ0) is 39.7. The minimum Gasteiger partial charge on any atom is -0.387 e. The first-order valence-electron chi connectivity index (χ1n) is 15.8. The number of carbonyl (C=O) groups excluding carboxylic acids is 4. The summed E-state index contributed by atoms with van der Waals surface area (Å²) in [6.07, 6.45) is -15.5. The zero-order valence-electron chi connectivity index (χ0n) is 32.0. The molecule has 0 spiro atoms. The third-order valence-electron chi connectivity index (χ3n) is 8.57. The van der Waals surface area contributed by atoms with Gasteiger partial charge in [0.15, 0.2) is 25.2 Å². The van der Waals surface area contributed by atoms with Crippen molar-refractivity contribution in [1.82, 2.24) is 0 Å². The molecule has 316 valence electrons. The maximum atomic E-state index is 10.2. The SMILES string of the molecule is COC1COC(OC2C(C)OC(OC)C(O)C2OC)C(O)C1O.COC1COC(OC2C(C)OC(OC)C(O)C2OC)C(O)C1O.O=C=O.O=C=O.[CH3+].[CH3+]. The van der Waals surface area contributed by atoms with Crippen molar-refractivity contribution in [1.29, 1.82) is 0 Å². The van der Waals surface area contributed by atoms with Crippen LogP contribution in [0.25, 0.3) is 0 Å². The molecule has 4 saturated heterocycles. The van der Waals surface area contributed by atoms with Gasteiger partial charge in [-0.05, 0) is 13.8 Å². The molecule has 0 saturated carbocycles. The van der Waals surface area contributed by atoms with Crippen LogP contribution in [0.5, 0.6) is 0 Å². The van der Waals surface area contributed by atoms with Crippen molar-refractivity contribution in [3.8, 4) is 0 Å². The van der Waals surface area contributed by atoms with Gasteiger partial charge >= 0.3 is 12.3 Å². The van der Waals surface area contributed by atoms with Crippen molar-refractivity contribution in [2.75, 3.05) is 55.9 Å². The molecule has 4 rings (SSSR count).